The summed E-state index contributed by atoms with van der Waals surface area (Å²) in [6, 6.07) is 7.15. The predicted molar refractivity (Wildman–Crippen MR) is 86.9 cm³/mol. The molecule has 0 amide bonds. The lowest BCUT2D eigenvalue weighted by Gasteiger charge is -2.26. The average Bonchev–Trinajstić information content (AvgIpc) is 2.51. The van der Waals surface area contributed by atoms with Crippen molar-refractivity contribution >= 4 is 0 Å². The zero-order chi connectivity index (χ0) is 16.6. The topological polar surface area (TPSA) is 0 Å². The van der Waals surface area contributed by atoms with E-state index in [1.165, 1.54) is 18.2 Å². The van der Waals surface area contributed by atoms with Gasteiger partial charge in [-0.05, 0) is 66.5 Å². The standard InChI is InChI=1S/C20H21F3/c1-12-3-6-14(7-4-12)16-10-18(22)20(19(23)11-16)15-8-5-13(2)17(21)9-15/h5,8-12,14H,3-4,6-7H2,1-2H3. The third kappa shape index (κ3) is 3.29. The van der Waals surface area contributed by atoms with Crippen LogP contribution in [-0.4, -0.2) is 0 Å². The fourth-order valence-electron chi connectivity index (χ4n) is 3.45. The Hall–Kier alpha value is -1.77. The van der Waals surface area contributed by atoms with E-state index in [0.717, 1.165) is 31.2 Å². The molecule has 0 saturated heterocycles. The molecule has 2 aromatic rings. The molecule has 1 fully saturated rings. The van der Waals surface area contributed by atoms with Gasteiger partial charge in [-0.15, -0.1) is 0 Å². The summed E-state index contributed by atoms with van der Waals surface area (Å²) >= 11 is 0. The fourth-order valence-corrected chi connectivity index (χ4v) is 3.45. The summed E-state index contributed by atoms with van der Waals surface area (Å²) in [6.07, 6.45) is 4.13. The zero-order valence-electron chi connectivity index (χ0n) is 13.5. The molecular weight excluding hydrogens is 297 g/mol. The molecule has 0 bridgehead atoms. The van der Waals surface area contributed by atoms with E-state index in [0.29, 0.717) is 11.5 Å². The highest BCUT2D eigenvalue weighted by Gasteiger charge is 2.23. The molecule has 0 nitrogen and oxygen atoms in total. The van der Waals surface area contributed by atoms with Gasteiger partial charge in [0, 0.05) is 0 Å². The van der Waals surface area contributed by atoms with E-state index in [4.69, 9.17) is 0 Å². The van der Waals surface area contributed by atoms with Crippen molar-refractivity contribution in [2.45, 2.75) is 45.4 Å². The second-order valence-electron chi connectivity index (χ2n) is 6.78. The third-order valence-electron chi connectivity index (χ3n) is 5.01. The Morgan fingerprint density at radius 2 is 1.43 bits per heavy atom. The Balaban J connectivity index is 1.95. The molecule has 23 heavy (non-hydrogen) atoms. The molecule has 2 aromatic carbocycles. The number of aryl methyl sites for hydroxylation is 1. The highest BCUT2D eigenvalue weighted by Crippen LogP contribution is 2.38. The SMILES string of the molecule is Cc1ccc(-c2c(F)cc(C3CCC(C)CC3)cc2F)cc1F. The van der Waals surface area contributed by atoms with Crippen LogP contribution in [0.3, 0.4) is 0 Å². The molecule has 0 unspecified atom stereocenters. The maximum Gasteiger partial charge on any atom is 0.134 e. The minimum absolute atomic E-state index is 0.142. The van der Waals surface area contributed by atoms with Crippen LogP contribution in [-0.2, 0) is 0 Å². The first-order chi connectivity index (χ1) is 11.0. The van der Waals surface area contributed by atoms with Crippen molar-refractivity contribution in [1.82, 2.24) is 0 Å². The molecular formula is C20H21F3. The lowest BCUT2D eigenvalue weighted by atomic mass is 9.79. The van der Waals surface area contributed by atoms with Crippen LogP contribution in [0, 0.1) is 30.3 Å². The van der Waals surface area contributed by atoms with Gasteiger partial charge in [0.15, 0.2) is 0 Å². The molecule has 1 aliphatic rings. The van der Waals surface area contributed by atoms with Gasteiger partial charge in [-0.2, -0.15) is 0 Å². The van der Waals surface area contributed by atoms with Crippen LogP contribution in [0.4, 0.5) is 13.2 Å². The minimum Gasteiger partial charge on any atom is -0.207 e. The average molecular weight is 318 g/mol. The number of hydrogen-bond donors (Lipinski definition) is 0. The minimum atomic E-state index is -0.609. The van der Waals surface area contributed by atoms with Crippen molar-refractivity contribution in [1.29, 1.82) is 0 Å². The molecule has 122 valence electrons. The van der Waals surface area contributed by atoms with Crippen LogP contribution >= 0.6 is 0 Å². The maximum atomic E-state index is 14.5. The highest BCUT2D eigenvalue weighted by molar-refractivity contribution is 5.66. The summed E-state index contributed by atoms with van der Waals surface area (Å²) < 4.78 is 42.7. The van der Waals surface area contributed by atoms with Crippen molar-refractivity contribution in [3.63, 3.8) is 0 Å². The van der Waals surface area contributed by atoms with E-state index >= 15 is 0 Å². The van der Waals surface area contributed by atoms with Gasteiger partial charge in [-0.1, -0.05) is 31.9 Å². The molecule has 0 N–H and O–H groups in total. The van der Waals surface area contributed by atoms with Crippen molar-refractivity contribution in [3.8, 4) is 11.1 Å². The van der Waals surface area contributed by atoms with E-state index in [1.807, 2.05) is 0 Å². The van der Waals surface area contributed by atoms with Crippen LogP contribution in [0.2, 0.25) is 0 Å². The van der Waals surface area contributed by atoms with Crippen LogP contribution in [0.15, 0.2) is 30.3 Å². The van der Waals surface area contributed by atoms with E-state index in [9.17, 15) is 13.2 Å². The second-order valence-corrected chi connectivity index (χ2v) is 6.78. The molecule has 1 saturated carbocycles. The number of rotatable bonds is 2. The number of benzene rings is 2. The van der Waals surface area contributed by atoms with Gasteiger partial charge in [-0.25, -0.2) is 13.2 Å². The summed E-state index contributed by atoms with van der Waals surface area (Å²) in [6.45, 7) is 3.84. The summed E-state index contributed by atoms with van der Waals surface area (Å²) in [5.41, 5.74) is 1.29. The third-order valence-corrected chi connectivity index (χ3v) is 5.01. The molecule has 0 radical (unpaired) electrons. The Morgan fingerprint density at radius 3 is 2.00 bits per heavy atom. The monoisotopic (exact) mass is 318 g/mol. The normalized spacial score (nSPS) is 21.4. The first-order valence-electron chi connectivity index (χ1n) is 8.21. The van der Waals surface area contributed by atoms with Gasteiger partial charge in [0.1, 0.15) is 17.5 Å². The van der Waals surface area contributed by atoms with E-state index < -0.39 is 17.5 Å². The molecule has 1 aliphatic carbocycles. The van der Waals surface area contributed by atoms with Crippen LogP contribution < -0.4 is 0 Å². The molecule has 0 heterocycles. The van der Waals surface area contributed by atoms with Crippen molar-refractivity contribution < 1.29 is 13.2 Å². The molecule has 3 heteroatoms. The summed E-state index contributed by atoms with van der Waals surface area (Å²) in [7, 11) is 0. The van der Waals surface area contributed by atoms with E-state index in [-0.39, 0.29) is 17.0 Å². The van der Waals surface area contributed by atoms with Gasteiger partial charge >= 0.3 is 0 Å². The van der Waals surface area contributed by atoms with Crippen molar-refractivity contribution in [2.75, 3.05) is 0 Å². The Kier molecular flexibility index (Phi) is 4.47. The Morgan fingerprint density at radius 1 is 0.826 bits per heavy atom. The predicted octanol–water partition coefficient (Wildman–Crippen LogP) is 6.37. The van der Waals surface area contributed by atoms with Crippen molar-refractivity contribution in [2.24, 2.45) is 5.92 Å². The van der Waals surface area contributed by atoms with Crippen LogP contribution in [0.5, 0.6) is 0 Å². The zero-order valence-corrected chi connectivity index (χ0v) is 13.5. The van der Waals surface area contributed by atoms with Gasteiger partial charge in [0.25, 0.3) is 0 Å². The lowest BCUT2D eigenvalue weighted by molar-refractivity contribution is 0.346. The van der Waals surface area contributed by atoms with Crippen molar-refractivity contribution in [3.05, 3.63) is 58.9 Å². The molecule has 0 spiro atoms. The summed E-state index contributed by atoms with van der Waals surface area (Å²) in [4.78, 5) is 0. The smallest absolute Gasteiger partial charge is 0.134 e. The molecule has 0 aliphatic heterocycles. The first-order valence-corrected chi connectivity index (χ1v) is 8.21. The quantitative estimate of drug-likeness (QED) is 0.603. The molecule has 0 aromatic heterocycles. The van der Waals surface area contributed by atoms with Gasteiger partial charge < -0.3 is 0 Å². The molecule has 0 atom stereocenters. The lowest BCUT2D eigenvalue weighted by Crippen LogP contribution is -2.11. The summed E-state index contributed by atoms with van der Waals surface area (Å²) in [5.74, 6) is -0.759. The van der Waals surface area contributed by atoms with E-state index in [2.05, 4.69) is 6.92 Å². The Labute approximate surface area is 135 Å². The van der Waals surface area contributed by atoms with Crippen LogP contribution in [0.1, 0.15) is 49.7 Å². The van der Waals surface area contributed by atoms with Gasteiger partial charge in [0.2, 0.25) is 0 Å². The number of hydrogen-bond acceptors (Lipinski definition) is 0. The highest BCUT2D eigenvalue weighted by atomic mass is 19.1. The first kappa shape index (κ1) is 16.1. The van der Waals surface area contributed by atoms with Gasteiger partial charge in [-0.3, -0.25) is 0 Å². The van der Waals surface area contributed by atoms with Gasteiger partial charge in [0.05, 0.1) is 5.56 Å². The van der Waals surface area contributed by atoms with E-state index in [1.54, 1.807) is 19.1 Å². The van der Waals surface area contributed by atoms with Crippen LogP contribution in [0.25, 0.3) is 11.1 Å². The second kappa shape index (κ2) is 6.38. The largest absolute Gasteiger partial charge is 0.207 e. The number of halogens is 3. The Bertz CT molecular complexity index is 690. The molecule has 3 rings (SSSR count). The summed E-state index contributed by atoms with van der Waals surface area (Å²) in [5, 5.41) is 0. The maximum absolute atomic E-state index is 14.5. The fraction of sp³-hybridized carbons (Fsp3) is 0.400.